The molecular weight excluding hydrogens is 466 g/mol. The molecule has 0 aromatic heterocycles. The molecular formula is C26H31N3O7. The summed E-state index contributed by atoms with van der Waals surface area (Å²) in [5.74, 6) is -1.91. The minimum atomic E-state index is -1.21. The smallest absolute Gasteiger partial charge is 0.407 e. The van der Waals surface area contributed by atoms with E-state index in [-0.39, 0.29) is 32.0 Å². The monoisotopic (exact) mass is 497 g/mol. The number of alkyl carbamates (subject to hydrolysis) is 2. The number of hydrogen-bond acceptors (Lipinski definition) is 6. The second kappa shape index (κ2) is 11.6. The van der Waals surface area contributed by atoms with Gasteiger partial charge in [-0.05, 0) is 43.0 Å². The number of carbonyl (C=O) groups excluding carboxylic acids is 3. The molecule has 2 aromatic rings. The molecule has 0 saturated heterocycles. The van der Waals surface area contributed by atoms with Gasteiger partial charge in [0.15, 0.2) is 0 Å². The molecule has 1 aliphatic rings. The van der Waals surface area contributed by atoms with Gasteiger partial charge in [0.25, 0.3) is 0 Å². The summed E-state index contributed by atoms with van der Waals surface area (Å²) in [6, 6.07) is 14.6. The summed E-state index contributed by atoms with van der Waals surface area (Å²) in [5, 5.41) is 16.1. The van der Waals surface area contributed by atoms with E-state index >= 15 is 0 Å². The molecule has 0 spiro atoms. The van der Waals surface area contributed by atoms with Gasteiger partial charge in [-0.15, -0.1) is 0 Å². The highest BCUT2D eigenvalue weighted by molar-refractivity contribution is 5.87. The number of benzene rings is 2. The van der Waals surface area contributed by atoms with E-state index in [0.29, 0.717) is 0 Å². The Bertz CT molecular complexity index is 1080. The van der Waals surface area contributed by atoms with Crippen LogP contribution < -0.4 is 16.0 Å². The number of amides is 3. The maximum Gasteiger partial charge on any atom is 0.407 e. The van der Waals surface area contributed by atoms with Gasteiger partial charge in [-0.2, -0.15) is 0 Å². The van der Waals surface area contributed by atoms with E-state index in [1.807, 2.05) is 48.5 Å². The maximum atomic E-state index is 12.6. The molecule has 3 amide bonds. The highest BCUT2D eigenvalue weighted by Gasteiger charge is 2.30. The van der Waals surface area contributed by atoms with Crippen molar-refractivity contribution < 1.29 is 33.8 Å². The number of hydrogen-bond donors (Lipinski definition) is 4. The van der Waals surface area contributed by atoms with E-state index in [0.717, 1.165) is 22.3 Å². The Hall–Kier alpha value is -4.08. The van der Waals surface area contributed by atoms with Crippen molar-refractivity contribution in [2.24, 2.45) is 0 Å². The predicted octanol–water partition coefficient (Wildman–Crippen LogP) is 3.01. The molecule has 192 valence electrons. The van der Waals surface area contributed by atoms with Crippen molar-refractivity contribution in [3.63, 3.8) is 0 Å². The van der Waals surface area contributed by atoms with Crippen LogP contribution in [0.5, 0.6) is 0 Å². The fourth-order valence-corrected chi connectivity index (χ4v) is 3.91. The molecule has 2 aromatic carbocycles. The molecule has 10 heteroatoms. The number of aliphatic carboxylic acids is 1. The SMILES string of the molecule is CC(C)(C)OC(=O)NC[C@H](NC(=O)OCC1c2ccccc2-c2ccccc21)C(=O)NCCC(=O)O. The van der Waals surface area contributed by atoms with E-state index in [4.69, 9.17) is 14.6 Å². The molecule has 1 atom stereocenters. The maximum absolute atomic E-state index is 12.6. The average Bonchev–Trinajstić information content (AvgIpc) is 3.12. The van der Waals surface area contributed by atoms with Crippen LogP contribution in [0.1, 0.15) is 44.2 Å². The van der Waals surface area contributed by atoms with Crippen LogP contribution in [0.3, 0.4) is 0 Å². The fraction of sp³-hybridized carbons (Fsp3) is 0.385. The summed E-state index contributed by atoms with van der Waals surface area (Å²) in [6.07, 6.45) is -1.90. The Kier molecular flexibility index (Phi) is 8.52. The van der Waals surface area contributed by atoms with Crippen LogP contribution in [-0.2, 0) is 19.1 Å². The van der Waals surface area contributed by atoms with Gasteiger partial charge < -0.3 is 30.5 Å². The van der Waals surface area contributed by atoms with Crippen molar-refractivity contribution in [2.75, 3.05) is 19.7 Å². The van der Waals surface area contributed by atoms with Crippen molar-refractivity contribution in [1.82, 2.24) is 16.0 Å². The standard InChI is InChI=1S/C26H31N3O7/c1-26(2,3)36-24(33)28-14-21(23(32)27-13-12-22(30)31)29-25(34)35-15-20-18-10-6-4-8-16(18)17-9-5-7-11-19(17)20/h4-11,20-21H,12-15H2,1-3H3,(H,27,32)(H,28,33)(H,29,34)(H,30,31)/t21-/m0/s1. The molecule has 4 N–H and O–H groups in total. The molecule has 36 heavy (non-hydrogen) atoms. The molecule has 0 fully saturated rings. The summed E-state index contributed by atoms with van der Waals surface area (Å²) >= 11 is 0. The lowest BCUT2D eigenvalue weighted by molar-refractivity contribution is -0.137. The minimum absolute atomic E-state index is 0.0483. The Morgan fingerprint density at radius 2 is 1.50 bits per heavy atom. The van der Waals surface area contributed by atoms with Crippen LogP contribution in [0.4, 0.5) is 9.59 Å². The summed E-state index contributed by atoms with van der Waals surface area (Å²) in [7, 11) is 0. The molecule has 3 rings (SSSR count). The van der Waals surface area contributed by atoms with Crippen LogP contribution in [-0.4, -0.2) is 60.5 Å². The average molecular weight is 498 g/mol. The number of nitrogens with one attached hydrogen (secondary N) is 3. The van der Waals surface area contributed by atoms with Crippen LogP contribution in [0.2, 0.25) is 0 Å². The number of carboxylic acid groups (broad SMARTS) is 1. The second-order valence-corrected chi connectivity index (χ2v) is 9.34. The first-order valence-electron chi connectivity index (χ1n) is 11.6. The Labute approximate surface area is 209 Å². The fourth-order valence-electron chi connectivity index (χ4n) is 3.91. The number of fused-ring (bicyclic) bond motifs is 3. The van der Waals surface area contributed by atoms with E-state index in [9.17, 15) is 19.2 Å². The van der Waals surface area contributed by atoms with Gasteiger partial charge in [-0.25, -0.2) is 9.59 Å². The van der Waals surface area contributed by atoms with Crippen molar-refractivity contribution in [1.29, 1.82) is 0 Å². The third kappa shape index (κ3) is 7.21. The van der Waals surface area contributed by atoms with Gasteiger partial charge >= 0.3 is 18.2 Å². The largest absolute Gasteiger partial charge is 0.481 e. The zero-order valence-corrected chi connectivity index (χ0v) is 20.5. The molecule has 0 heterocycles. The topological polar surface area (TPSA) is 143 Å². The highest BCUT2D eigenvalue weighted by Crippen LogP contribution is 2.44. The summed E-state index contributed by atoms with van der Waals surface area (Å²) in [5.41, 5.74) is 3.50. The van der Waals surface area contributed by atoms with E-state index in [2.05, 4.69) is 16.0 Å². The molecule has 0 saturated carbocycles. The lowest BCUT2D eigenvalue weighted by atomic mass is 9.98. The molecule has 0 unspecified atom stereocenters. The van der Waals surface area contributed by atoms with Crippen molar-refractivity contribution in [3.8, 4) is 11.1 Å². The number of carboxylic acids is 1. The third-order valence-electron chi connectivity index (χ3n) is 5.44. The van der Waals surface area contributed by atoms with Crippen molar-refractivity contribution in [2.45, 2.75) is 44.8 Å². The van der Waals surface area contributed by atoms with Crippen LogP contribution in [0, 0.1) is 0 Å². The van der Waals surface area contributed by atoms with Crippen molar-refractivity contribution >= 4 is 24.1 Å². The summed E-state index contributed by atoms with van der Waals surface area (Å²) in [4.78, 5) is 48.0. The van der Waals surface area contributed by atoms with Gasteiger partial charge in [-0.1, -0.05) is 48.5 Å². The van der Waals surface area contributed by atoms with Crippen LogP contribution in [0.25, 0.3) is 11.1 Å². The predicted molar refractivity (Wildman–Crippen MR) is 131 cm³/mol. The lowest BCUT2D eigenvalue weighted by Crippen LogP contribution is -2.53. The minimum Gasteiger partial charge on any atom is -0.481 e. The van der Waals surface area contributed by atoms with Gasteiger partial charge in [0.05, 0.1) is 13.0 Å². The van der Waals surface area contributed by atoms with Crippen LogP contribution >= 0.6 is 0 Å². The number of carbonyl (C=O) groups is 4. The first-order chi connectivity index (χ1) is 17.0. The quantitative estimate of drug-likeness (QED) is 0.417. The summed E-state index contributed by atoms with van der Waals surface area (Å²) in [6.45, 7) is 4.71. The normalized spacial score (nSPS) is 13.1. The Morgan fingerprint density at radius 3 is 2.06 bits per heavy atom. The Balaban J connectivity index is 1.63. The van der Waals surface area contributed by atoms with Gasteiger partial charge in [0.1, 0.15) is 18.2 Å². The highest BCUT2D eigenvalue weighted by atomic mass is 16.6. The molecule has 0 aliphatic heterocycles. The zero-order chi connectivity index (χ0) is 26.3. The molecule has 10 nitrogen and oxygen atoms in total. The van der Waals surface area contributed by atoms with E-state index in [1.54, 1.807) is 20.8 Å². The van der Waals surface area contributed by atoms with Crippen LogP contribution in [0.15, 0.2) is 48.5 Å². The lowest BCUT2D eigenvalue weighted by Gasteiger charge is -2.22. The van der Waals surface area contributed by atoms with E-state index in [1.165, 1.54) is 0 Å². The zero-order valence-electron chi connectivity index (χ0n) is 20.5. The number of ether oxygens (including phenoxy) is 2. The molecule has 0 radical (unpaired) electrons. The molecule has 0 bridgehead atoms. The van der Waals surface area contributed by atoms with Gasteiger partial charge in [-0.3, -0.25) is 9.59 Å². The first kappa shape index (κ1) is 26.5. The van der Waals surface area contributed by atoms with Gasteiger partial charge in [0.2, 0.25) is 5.91 Å². The first-order valence-corrected chi connectivity index (χ1v) is 11.6. The number of rotatable bonds is 9. The summed E-state index contributed by atoms with van der Waals surface area (Å²) < 4.78 is 10.6. The second-order valence-electron chi connectivity index (χ2n) is 9.34. The Morgan fingerprint density at radius 1 is 0.917 bits per heavy atom. The molecule has 1 aliphatic carbocycles. The third-order valence-corrected chi connectivity index (χ3v) is 5.44. The van der Waals surface area contributed by atoms with E-state index < -0.39 is 35.7 Å². The van der Waals surface area contributed by atoms with Crippen molar-refractivity contribution in [3.05, 3.63) is 59.7 Å². The van der Waals surface area contributed by atoms with Gasteiger partial charge in [0, 0.05) is 12.5 Å².